The summed E-state index contributed by atoms with van der Waals surface area (Å²) in [6.07, 6.45) is 3.52. The summed E-state index contributed by atoms with van der Waals surface area (Å²) in [6, 6.07) is -0.692. The minimum Gasteiger partial charge on any atom is -0.481 e. The number of unbranched alkanes of at least 4 members (excludes halogenated alkanes) is 1. The van der Waals surface area contributed by atoms with Crippen LogP contribution >= 0.6 is 11.8 Å². The van der Waals surface area contributed by atoms with Crippen molar-refractivity contribution < 1.29 is 29.3 Å². The van der Waals surface area contributed by atoms with E-state index in [9.17, 15) is 24.6 Å². The summed E-state index contributed by atoms with van der Waals surface area (Å²) in [4.78, 5) is 45.8. The molecule has 34 heavy (non-hydrogen) atoms. The number of amides is 2. The van der Waals surface area contributed by atoms with Gasteiger partial charge in [0.25, 0.3) is 0 Å². The summed E-state index contributed by atoms with van der Waals surface area (Å²) in [6.45, 7) is 10.9. The molecule has 1 spiro atoms. The Labute approximate surface area is 205 Å². The van der Waals surface area contributed by atoms with Crippen molar-refractivity contribution in [3.05, 3.63) is 12.7 Å². The number of carboxylic acids is 1. The number of carbonyl (C=O) groups is 3. The smallest absolute Gasteiger partial charge is 0.308 e. The zero-order valence-electron chi connectivity index (χ0n) is 19.9. The van der Waals surface area contributed by atoms with E-state index in [1.165, 1.54) is 0 Å². The SMILES string of the molecule is C=CCN(CCN1CCOCC1)C(=O)C1N(CCCCO)C(=O)[C@@H]2[C@@H](C(=O)O)[C@H]3CC(C)C12S3. The van der Waals surface area contributed by atoms with E-state index >= 15 is 0 Å². The quantitative estimate of drug-likeness (QED) is 0.316. The predicted molar refractivity (Wildman–Crippen MR) is 128 cm³/mol. The zero-order chi connectivity index (χ0) is 24.5. The first-order valence-corrected chi connectivity index (χ1v) is 13.3. The highest BCUT2D eigenvalue weighted by atomic mass is 32.2. The summed E-state index contributed by atoms with van der Waals surface area (Å²) >= 11 is 1.57. The van der Waals surface area contributed by atoms with Crippen molar-refractivity contribution in [3.63, 3.8) is 0 Å². The first kappa shape index (κ1) is 25.5. The van der Waals surface area contributed by atoms with Crippen molar-refractivity contribution >= 4 is 29.5 Å². The van der Waals surface area contributed by atoms with Crippen LogP contribution in [-0.4, -0.2) is 118 Å². The average Bonchev–Trinajstić information content (AvgIpc) is 3.41. The monoisotopic (exact) mass is 495 g/mol. The Bertz CT molecular complexity index is 806. The van der Waals surface area contributed by atoms with Crippen LogP contribution in [0, 0.1) is 17.8 Å². The molecule has 3 unspecified atom stereocenters. The molecular weight excluding hydrogens is 458 g/mol. The number of hydrogen-bond acceptors (Lipinski definition) is 7. The van der Waals surface area contributed by atoms with E-state index in [0.29, 0.717) is 58.7 Å². The van der Waals surface area contributed by atoms with E-state index in [-0.39, 0.29) is 29.6 Å². The standard InChI is InChI=1S/C24H37N3O6S/c1-3-6-26(9-8-25-10-13-33-14-11-25)22(30)20-24-16(2)15-17(34-24)18(23(31)32)19(24)21(29)27(20)7-4-5-12-28/h3,16-20,28H,1,4-15H2,2H3,(H,31,32)/t16?,17-,18+,19+,20?,24?/m1/s1. The van der Waals surface area contributed by atoms with Crippen molar-refractivity contribution in [2.24, 2.45) is 17.8 Å². The third kappa shape index (κ3) is 4.27. The van der Waals surface area contributed by atoms with Gasteiger partial charge in [0.15, 0.2) is 0 Å². The first-order chi connectivity index (χ1) is 16.4. The predicted octanol–water partition coefficient (Wildman–Crippen LogP) is 0.528. The molecule has 4 aliphatic heterocycles. The van der Waals surface area contributed by atoms with Gasteiger partial charge < -0.3 is 24.7 Å². The molecule has 0 aromatic rings. The molecule has 4 fully saturated rings. The number of carboxylic acid groups (broad SMARTS) is 1. The fourth-order valence-electron chi connectivity index (χ4n) is 6.42. The topological polar surface area (TPSA) is 111 Å². The van der Waals surface area contributed by atoms with Gasteiger partial charge in [0.1, 0.15) is 6.04 Å². The fourth-order valence-corrected chi connectivity index (χ4v) is 8.83. The van der Waals surface area contributed by atoms with Gasteiger partial charge in [-0.05, 0) is 25.2 Å². The number of carbonyl (C=O) groups excluding carboxylic acids is 2. The Balaban J connectivity index is 1.63. The lowest BCUT2D eigenvalue weighted by Gasteiger charge is -2.40. The molecule has 0 aromatic heterocycles. The molecule has 0 aromatic carbocycles. The molecule has 190 valence electrons. The molecule has 2 N–H and O–H groups in total. The van der Waals surface area contributed by atoms with Gasteiger partial charge in [-0.3, -0.25) is 19.3 Å². The highest BCUT2D eigenvalue weighted by Gasteiger charge is 2.76. The van der Waals surface area contributed by atoms with E-state index < -0.39 is 28.6 Å². The minimum atomic E-state index is -0.941. The van der Waals surface area contributed by atoms with Gasteiger partial charge in [0.2, 0.25) is 11.8 Å². The maximum Gasteiger partial charge on any atom is 0.308 e. The molecule has 0 radical (unpaired) electrons. The molecule has 9 nitrogen and oxygen atoms in total. The van der Waals surface area contributed by atoms with Crippen molar-refractivity contribution in [2.45, 2.75) is 42.2 Å². The highest BCUT2D eigenvalue weighted by molar-refractivity contribution is 8.02. The Morgan fingerprint density at radius 2 is 2.03 bits per heavy atom. The summed E-state index contributed by atoms with van der Waals surface area (Å²) in [5, 5.41) is 19.1. The van der Waals surface area contributed by atoms with Gasteiger partial charge >= 0.3 is 5.97 Å². The second-order valence-corrected chi connectivity index (χ2v) is 11.4. The van der Waals surface area contributed by atoms with Crippen molar-refractivity contribution in [2.75, 3.05) is 59.1 Å². The molecule has 4 saturated heterocycles. The molecule has 4 rings (SSSR count). The number of aliphatic hydroxyl groups is 1. The van der Waals surface area contributed by atoms with Crippen LogP contribution in [-0.2, 0) is 19.1 Å². The summed E-state index contributed by atoms with van der Waals surface area (Å²) in [7, 11) is 0. The van der Waals surface area contributed by atoms with Crippen LogP contribution in [0.2, 0.25) is 0 Å². The van der Waals surface area contributed by atoms with Gasteiger partial charge in [-0.25, -0.2) is 0 Å². The van der Waals surface area contributed by atoms with E-state index in [1.54, 1.807) is 27.6 Å². The van der Waals surface area contributed by atoms with E-state index in [4.69, 9.17) is 4.74 Å². The lowest BCUT2D eigenvalue weighted by atomic mass is 9.66. The fraction of sp³-hybridized carbons (Fsp3) is 0.792. The number of nitrogens with zero attached hydrogens (tertiary/aromatic N) is 3. The van der Waals surface area contributed by atoms with Crippen LogP contribution in [0.1, 0.15) is 26.2 Å². The number of rotatable bonds is 11. The van der Waals surface area contributed by atoms with E-state index in [0.717, 1.165) is 13.1 Å². The van der Waals surface area contributed by atoms with E-state index in [2.05, 4.69) is 18.4 Å². The Morgan fingerprint density at radius 3 is 2.68 bits per heavy atom. The summed E-state index contributed by atoms with van der Waals surface area (Å²) < 4.78 is 4.70. The molecule has 4 heterocycles. The maximum atomic E-state index is 14.2. The van der Waals surface area contributed by atoms with Crippen LogP contribution in [0.15, 0.2) is 12.7 Å². The lowest BCUT2D eigenvalue weighted by Crippen LogP contribution is -2.58. The first-order valence-electron chi connectivity index (χ1n) is 12.4. The highest BCUT2D eigenvalue weighted by Crippen LogP contribution is 2.68. The van der Waals surface area contributed by atoms with Crippen LogP contribution in [0.5, 0.6) is 0 Å². The number of fused-ring (bicyclic) bond motifs is 1. The van der Waals surface area contributed by atoms with Crippen molar-refractivity contribution in [1.29, 1.82) is 0 Å². The van der Waals surface area contributed by atoms with Crippen molar-refractivity contribution in [3.8, 4) is 0 Å². The number of likely N-dealkylation sites (tertiary alicyclic amines) is 1. The summed E-state index contributed by atoms with van der Waals surface area (Å²) in [5.74, 6) is -2.64. The molecule has 0 saturated carbocycles. The third-order valence-electron chi connectivity index (χ3n) is 8.02. The molecule has 6 atom stereocenters. The number of hydrogen-bond donors (Lipinski definition) is 2. The maximum absolute atomic E-state index is 14.2. The minimum absolute atomic E-state index is 0.0162. The van der Waals surface area contributed by atoms with E-state index in [1.807, 2.05) is 0 Å². The average molecular weight is 496 g/mol. The zero-order valence-corrected chi connectivity index (χ0v) is 20.8. The third-order valence-corrected chi connectivity index (χ3v) is 10.1. The largest absolute Gasteiger partial charge is 0.481 e. The van der Waals surface area contributed by atoms with Gasteiger partial charge in [0, 0.05) is 51.1 Å². The van der Waals surface area contributed by atoms with Gasteiger partial charge in [-0.15, -0.1) is 18.3 Å². The second kappa shape index (κ2) is 10.6. The van der Waals surface area contributed by atoms with Crippen molar-refractivity contribution in [1.82, 2.24) is 14.7 Å². The van der Waals surface area contributed by atoms with Gasteiger partial charge in [0.05, 0.1) is 29.8 Å². The Morgan fingerprint density at radius 1 is 1.29 bits per heavy atom. The van der Waals surface area contributed by atoms with Crippen LogP contribution in [0.25, 0.3) is 0 Å². The van der Waals surface area contributed by atoms with Crippen LogP contribution in [0.4, 0.5) is 0 Å². The molecule has 0 aliphatic carbocycles. The van der Waals surface area contributed by atoms with Gasteiger partial charge in [-0.2, -0.15) is 0 Å². The summed E-state index contributed by atoms with van der Waals surface area (Å²) in [5.41, 5.74) is 0. The lowest BCUT2D eigenvalue weighted by molar-refractivity contribution is -0.149. The number of morpholine rings is 1. The number of aliphatic carboxylic acids is 1. The number of ether oxygens (including phenoxy) is 1. The van der Waals surface area contributed by atoms with Crippen LogP contribution in [0.3, 0.4) is 0 Å². The second-order valence-electron chi connectivity index (χ2n) is 9.88. The molecule has 4 aliphatic rings. The Hall–Kier alpha value is -1.62. The number of thioether (sulfide) groups is 1. The van der Waals surface area contributed by atoms with Crippen LogP contribution < -0.4 is 0 Å². The molecular formula is C24H37N3O6S. The Kier molecular flexibility index (Phi) is 7.91. The molecule has 10 heteroatoms. The van der Waals surface area contributed by atoms with Gasteiger partial charge in [-0.1, -0.05) is 13.0 Å². The number of aliphatic hydroxyl groups excluding tert-OH is 1. The normalized spacial score (nSPS) is 34.9. The molecule has 2 bridgehead atoms. The molecule has 2 amide bonds.